The summed E-state index contributed by atoms with van der Waals surface area (Å²) in [4.78, 5) is 7.19. The Labute approximate surface area is 108 Å². The Morgan fingerprint density at radius 3 is 3.06 bits per heavy atom. The van der Waals surface area contributed by atoms with E-state index in [9.17, 15) is 0 Å². The van der Waals surface area contributed by atoms with Crippen LogP contribution < -0.4 is 5.32 Å². The minimum atomic E-state index is 0.815. The number of nitrogens with one attached hydrogen (secondary N) is 1. The van der Waals surface area contributed by atoms with Crippen LogP contribution in [-0.4, -0.2) is 30.0 Å². The Morgan fingerprint density at radius 2 is 2.41 bits per heavy atom. The van der Waals surface area contributed by atoms with Gasteiger partial charge in [0.05, 0.1) is 5.69 Å². The van der Waals surface area contributed by atoms with Crippen LogP contribution in [0.2, 0.25) is 0 Å². The summed E-state index contributed by atoms with van der Waals surface area (Å²) in [7, 11) is 1.97. The molecule has 4 heteroatoms. The molecule has 1 aliphatic rings. The van der Waals surface area contributed by atoms with E-state index in [4.69, 9.17) is 0 Å². The van der Waals surface area contributed by atoms with Crippen LogP contribution >= 0.6 is 11.3 Å². The third kappa shape index (κ3) is 3.50. The number of thiazole rings is 1. The Morgan fingerprint density at radius 1 is 1.59 bits per heavy atom. The van der Waals surface area contributed by atoms with Gasteiger partial charge >= 0.3 is 0 Å². The first-order valence-electron chi connectivity index (χ1n) is 6.49. The first-order chi connectivity index (χ1) is 8.19. The highest BCUT2D eigenvalue weighted by Gasteiger charge is 2.25. The molecule has 2 rings (SSSR count). The molecule has 0 radical (unpaired) electrons. The molecule has 1 fully saturated rings. The first kappa shape index (κ1) is 13.0. The van der Waals surface area contributed by atoms with Gasteiger partial charge in [0.15, 0.2) is 0 Å². The minimum absolute atomic E-state index is 0.815. The van der Waals surface area contributed by atoms with Crippen LogP contribution in [-0.2, 0) is 13.1 Å². The molecule has 3 nitrogen and oxygen atoms in total. The summed E-state index contributed by atoms with van der Waals surface area (Å²) in [5.41, 5.74) is 1.24. The van der Waals surface area contributed by atoms with Gasteiger partial charge in [-0.15, -0.1) is 11.3 Å². The Kier molecular flexibility index (Phi) is 4.54. The summed E-state index contributed by atoms with van der Waals surface area (Å²) in [5, 5.41) is 6.55. The predicted octanol–water partition coefficient (Wildman–Crippen LogP) is 2.34. The second-order valence-corrected chi connectivity index (χ2v) is 6.23. The molecule has 0 amide bonds. The summed E-state index contributed by atoms with van der Waals surface area (Å²) in [5.74, 6) is 1.70. The summed E-state index contributed by atoms with van der Waals surface area (Å²) in [6.07, 6.45) is 1.35. The monoisotopic (exact) mass is 253 g/mol. The minimum Gasteiger partial charge on any atom is -0.314 e. The highest BCUT2D eigenvalue weighted by Crippen LogP contribution is 2.25. The zero-order valence-electron chi connectivity index (χ0n) is 11.1. The zero-order chi connectivity index (χ0) is 12.3. The van der Waals surface area contributed by atoms with Crippen molar-refractivity contribution in [2.45, 2.75) is 33.4 Å². The molecule has 96 valence electrons. The highest BCUT2D eigenvalue weighted by molar-refractivity contribution is 7.09. The van der Waals surface area contributed by atoms with Gasteiger partial charge in [-0.05, 0) is 31.8 Å². The van der Waals surface area contributed by atoms with Crippen molar-refractivity contribution in [3.05, 3.63) is 16.1 Å². The van der Waals surface area contributed by atoms with Crippen LogP contribution in [0.4, 0.5) is 0 Å². The molecule has 1 aromatic heterocycles. The number of likely N-dealkylation sites (tertiary alicyclic amines) is 1. The Bertz CT molecular complexity index is 348. The van der Waals surface area contributed by atoms with Crippen molar-refractivity contribution >= 4 is 11.3 Å². The lowest BCUT2D eigenvalue weighted by Gasteiger charge is -2.16. The van der Waals surface area contributed by atoms with Crippen molar-refractivity contribution in [3.8, 4) is 0 Å². The molecule has 0 bridgehead atoms. The van der Waals surface area contributed by atoms with Gasteiger partial charge in [0.2, 0.25) is 0 Å². The van der Waals surface area contributed by atoms with Gasteiger partial charge in [-0.1, -0.05) is 13.8 Å². The number of aromatic nitrogens is 1. The lowest BCUT2D eigenvalue weighted by Crippen LogP contribution is -2.21. The van der Waals surface area contributed by atoms with E-state index in [0.717, 1.165) is 24.9 Å². The summed E-state index contributed by atoms with van der Waals surface area (Å²) in [6, 6.07) is 0. The molecular weight excluding hydrogens is 230 g/mol. The molecule has 2 heterocycles. The zero-order valence-corrected chi connectivity index (χ0v) is 11.9. The largest absolute Gasteiger partial charge is 0.314 e. The smallest absolute Gasteiger partial charge is 0.107 e. The molecule has 0 spiro atoms. The van der Waals surface area contributed by atoms with E-state index in [1.807, 2.05) is 7.05 Å². The fourth-order valence-electron chi connectivity index (χ4n) is 2.43. The second-order valence-electron chi connectivity index (χ2n) is 5.29. The molecule has 0 aromatic carbocycles. The maximum absolute atomic E-state index is 4.65. The standard InChI is InChI=1S/C13H23N3S/c1-10(2)11-4-5-16(7-11)8-12-9-17-13(15-12)6-14-3/h9-11,14H,4-8H2,1-3H3. The predicted molar refractivity (Wildman–Crippen MR) is 73.1 cm³/mol. The normalized spacial score (nSPS) is 21.5. The number of hydrogen-bond donors (Lipinski definition) is 1. The van der Waals surface area contributed by atoms with Gasteiger partial charge in [0, 0.05) is 25.0 Å². The number of rotatable bonds is 5. The topological polar surface area (TPSA) is 28.2 Å². The molecule has 1 aromatic rings. The van der Waals surface area contributed by atoms with Crippen LogP contribution in [0.15, 0.2) is 5.38 Å². The molecule has 0 aliphatic carbocycles. The average Bonchev–Trinajstić information content (AvgIpc) is 2.89. The van der Waals surface area contributed by atoms with Crippen LogP contribution in [0.5, 0.6) is 0 Å². The van der Waals surface area contributed by atoms with Crippen molar-refractivity contribution in [2.75, 3.05) is 20.1 Å². The van der Waals surface area contributed by atoms with Gasteiger partial charge in [-0.25, -0.2) is 4.98 Å². The maximum atomic E-state index is 4.65. The number of hydrogen-bond acceptors (Lipinski definition) is 4. The second kappa shape index (κ2) is 5.94. The van der Waals surface area contributed by atoms with Gasteiger partial charge in [-0.2, -0.15) is 0 Å². The van der Waals surface area contributed by atoms with Crippen LogP contribution in [0.1, 0.15) is 31.0 Å². The summed E-state index contributed by atoms with van der Waals surface area (Å²) in [6.45, 7) is 9.07. The number of nitrogens with zero attached hydrogens (tertiary/aromatic N) is 2. The van der Waals surface area contributed by atoms with Gasteiger partial charge < -0.3 is 5.32 Å². The van der Waals surface area contributed by atoms with Crippen LogP contribution in [0.25, 0.3) is 0 Å². The van der Waals surface area contributed by atoms with E-state index in [-0.39, 0.29) is 0 Å². The third-order valence-corrected chi connectivity index (χ3v) is 4.46. The quantitative estimate of drug-likeness (QED) is 0.873. The average molecular weight is 253 g/mol. The van der Waals surface area contributed by atoms with E-state index in [2.05, 4.69) is 34.4 Å². The van der Waals surface area contributed by atoms with Crippen molar-refractivity contribution in [1.82, 2.24) is 15.2 Å². The van der Waals surface area contributed by atoms with E-state index < -0.39 is 0 Å². The van der Waals surface area contributed by atoms with Crippen molar-refractivity contribution < 1.29 is 0 Å². The van der Waals surface area contributed by atoms with E-state index >= 15 is 0 Å². The fourth-order valence-corrected chi connectivity index (χ4v) is 3.23. The van der Waals surface area contributed by atoms with Gasteiger partial charge in [0.25, 0.3) is 0 Å². The Hall–Kier alpha value is -0.450. The van der Waals surface area contributed by atoms with E-state index in [1.165, 1.54) is 30.2 Å². The van der Waals surface area contributed by atoms with Gasteiger partial charge in [0.1, 0.15) is 5.01 Å². The summed E-state index contributed by atoms with van der Waals surface area (Å²) < 4.78 is 0. The lowest BCUT2D eigenvalue weighted by atomic mass is 9.95. The maximum Gasteiger partial charge on any atom is 0.107 e. The Balaban J connectivity index is 1.84. The molecule has 0 saturated carbocycles. The lowest BCUT2D eigenvalue weighted by molar-refractivity contribution is 0.294. The molecule has 1 aliphatic heterocycles. The summed E-state index contributed by atoms with van der Waals surface area (Å²) >= 11 is 1.76. The first-order valence-corrected chi connectivity index (χ1v) is 7.37. The van der Waals surface area contributed by atoms with Crippen molar-refractivity contribution in [3.63, 3.8) is 0 Å². The molecule has 1 N–H and O–H groups in total. The molecule has 1 unspecified atom stereocenters. The molecule has 1 saturated heterocycles. The van der Waals surface area contributed by atoms with Crippen LogP contribution in [0, 0.1) is 11.8 Å². The van der Waals surface area contributed by atoms with Crippen molar-refractivity contribution in [2.24, 2.45) is 11.8 Å². The van der Waals surface area contributed by atoms with Crippen LogP contribution in [0.3, 0.4) is 0 Å². The van der Waals surface area contributed by atoms with E-state index in [1.54, 1.807) is 11.3 Å². The fraction of sp³-hybridized carbons (Fsp3) is 0.769. The van der Waals surface area contributed by atoms with E-state index in [0.29, 0.717) is 0 Å². The van der Waals surface area contributed by atoms with Gasteiger partial charge in [-0.3, -0.25) is 4.90 Å². The molecular formula is C13H23N3S. The van der Waals surface area contributed by atoms with Crippen molar-refractivity contribution in [1.29, 1.82) is 0 Å². The SMILES string of the molecule is CNCc1nc(CN2CCC(C(C)C)C2)cs1. The highest BCUT2D eigenvalue weighted by atomic mass is 32.1. The third-order valence-electron chi connectivity index (χ3n) is 3.56. The molecule has 1 atom stereocenters. The molecule has 17 heavy (non-hydrogen) atoms.